The quantitative estimate of drug-likeness (QED) is 0.634. The molecule has 3 aromatic heterocycles. The summed E-state index contributed by atoms with van der Waals surface area (Å²) in [6, 6.07) is 1.87. The van der Waals surface area contributed by atoms with Crippen molar-refractivity contribution in [3.63, 3.8) is 0 Å². The Morgan fingerprint density at radius 2 is 2.00 bits per heavy atom. The smallest absolute Gasteiger partial charge is 0.219 e. The number of hydrogen-bond acceptors (Lipinski definition) is 8. The zero-order chi connectivity index (χ0) is 20.4. The Bertz CT molecular complexity index is 1100. The minimum absolute atomic E-state index is 0. The zero-order valence-corrected chi connectivity index (χ0v) is 16.0. The van der Waals surface area contributed by atoms with Crippen LogP contribution in [0.15, 0.2) is 36.9 Å². The second-order valence-electron chi connectivity index (χ2n) is 6.66. The number of fused-ring (bicyclic) bond motifs is 1. The third-order valence-corrected chi connectivity index (χ3v) is 4.87. The molecule has 0 unspecified atom stereocenters. The van der Waals surface area contributed by atoms with E-state index in [2.05, 4.69) is 19.9 Å². The number of imidazole rings is 1. The minimum Gasteiger partial charge on any atom is -0.397 e. The number of nitrogens with two attached hydrogens (primary N) is 1. The Morgan fingerprint density at radius 1 is 1.21 bits per heavy atom. The lowest BCUT2D eigenvalue weighted by Gasteiger charge is -2.34. The molecule has 29 heavy (non-hydrogen) atoms. The molecule has 4 heterocycles. The van der Waals surface area contributed by atoms with Gasteiger partial charge in [0.25, 0.3) is 0 Å². The van der Waals surface area contributed by atoms with E-state index in [-0.39, 0.29) is 7.33 Å². The minimum atomic E-state index is 0. The lowest BCUT2D eigenvalue weighted by Crippen LogP contribution is -2.48. The zero-order valence-electron chi connectivity index (χ0n) is 16.0. The summed E-state index contributed by atoms with van der Waals surface area (Å²) in [5, 5.41) is 7.17. The molecule has 1 aliphatic heterocycles. The van der Waals surface area contributed by atoms with E-state index in [9.17, 15) is 4.79 Å². The van der Waals surface area contributed by atoms with Crippen LogP contribution in [0, 0.1) is 5.41 Å². The van der Waals surface area contributed by atoms with E-state index in [1.165, 1.54) is 6.08 Å². The molecule has 0 saturated carbocycles. The number of piperazine rings is 1. The highest BCUT2D eigenvalue weighted by Crippen LogP contribution is 2.21. The first kappa shape index (κ1) is 18.5. The van der Waals surface area contributed by atoms with Gasteiger partial charge in [0.2, 0.25) is 5.91 Å². The Kier molecular flexibility index (Phi) is 4.90. The fourth-order valence-corrected chi connectivity index (χ4v) is 3.28. The second-order valence-corrected chi connectivity index (χ2v) is 6.66. The van der Waals surface area contributed by atoms with E-state index < -0.39 is 0 Å². The van der Waals surface area contributed by atoms with Gasteiger partial charge < -0.3 is 20.9 Å². The first-order chi connectivity index (χ1) is 14.1. The number of carbonyl (C=O) groups is 1. The maximum atomic E-state index is 11.5. The number of rotatable bonds is 4. The van der Waals surface area contributed by atoms with Crippen LogP contribution in [0.2, 0.25) is 0 Å². The molecular formula is C19H23N9O. The SMILES string of the molecule is CC(=O)N1CCN(c2ccnc(-c3cnc4cnc(/C(N)=C/C=N)cn34)n2)CC1.[HH]. The molecule has 0 aromatic carbocycles. The number of nitrogens with one attached hydrogen (secondary N) is 1. The van der Waals surface area contributed by atoms with E-state index in [1.54, 1.807) is 31.7 Å². The van der Waals surface area contributed by atoms with E-state index in [0.717, 1.165) is 30.8 Å². The van der Waals surface area contributed by atoms with Crippen molar-refractivity contribution in [2.75, 3.05) is 31.1 Å². The topological polar surface area (TPSA) is 129 Å². The van der Waals surface area contributed by atoms with Crippen LogP contribution in [0.5, 0.6) is 0 Å². The maximum absolute atomic E-state index is 11.5. The summed E-state index contributed by atoms with van der Waals surface area (Å²) in [4.78, 5) is 33.3. The highest BCUT2D eigenvalue weighted by Gasteiger charge is 2.20. The normalized spacial score (nSPS) is 15.0. The molecule has 150 valence electrons. The lowest BCUT2D eigenvalue weighted by molar-refractivity contribution is -0.129. The van der Waals surface area contributed by atoms with Gasteiger partial charge in [-0.15, -0.1) is 0 Å². The van der Waals surface area contributed by atoms with Crippen LogP contribution in [0.1, 0.15) is 14.0 Å². The van der Waals surface area contributed by atoms with Crippen LogP contribution in [0.25, 0.3) is 22.9 Å². The van der Waals surface area contributed by atoms with Gasteiger partial charge in [0.05, 0.1) is 18.1 Å². The number of amides is 1. The van der Waals surface area contributed by atoms with Crippen molar-refractivity contribution < 1.29 is 6.22 Å². The Balaban J connectivity index is 0.00000256. The molecule has 10 heteroatoms. The summed E-state index contributed by atoms with van der Waals surface area (Å²) in [5.41, 5.74) is 8.25. The van der Waals surface area contributed by atoms with Crippen molar-refractivity contribution in [3.05, 3.63) is 42.6 Å². The summed E-state index contributed by atoms with van der Waals surface area (Å²) in [7, 11) is 0. The van der Waals surface area contributed by atoms with Gasteiger partial charge in [0.1, 0.15) is 17.2 Å². The van der Waals surface area contributed by atoms with E-state index in [4.69, 9.17) is 16.1 Å². The van der Waals surface area contributed by atoms with Crippen molar-refractivity contribution >= 4 is 29.3 Å². The van der Waals surface area contributed by atoms with Gasteiger partial charge in [0.15, 0.2) is 11.5 Å². The van der Waals surface area contributed by atoms with Crippen molar-refractivity contribution in [2.24, 2.45) is 5.73 Å². The summed E-state index contributed by atoms with van der Waals surface area (Å²) in [6.07, 6.45) is 9.39. The molecule has 1 saturated heterocycles. The average Bonchev–Trinajstić information content (AvgIpc) is 3.17. The van der Waals surface area contributed by atoms with Crippen LogP contribution >= 0.6 is 0 Å². The maximum Gasteiger partial charge on any atom is 0.219 e. The number of aromatic nitrogens is 5. The molecule has 0 radical (unpaired) electrons. The van der Waals surface area contributed by atoms with Crippen LogP contribution in [-0.2, 0) is 4.79 Å². The number of allylic oxidation sites excluding steroid dienone is 1. The van der Waals surface area contributed by atoms with Gasteiger partial charge in [-0.3, -0.25) is 9.20 Å². The second kappa shape index (κ2) is 7.66. The standard InChI is InChI=1S/C19H21N9O.H2/c1-13(29)26-6-8-27(9-7-26)17-3-5-22-19(25-17)16-10-24-18-11-23-15(12-28(16)18)14(21)2-4-20;/h2-5,10-12,20H,6-9,21H2,1H3;1H/b14-2-,20-4?;. The number of hydrogen-bond donors (Lipinski definition) is 2. The predicted octanol–water partition coefficient (Wildman–Crippen LogP) is 1.05. The molecule has 1 aliphatic rings. The summed E-state index contributed by atoms with van der Waals surface area (Å²) in [5.74, 6) is 1.45. The van der Waals surface area contributed by atoms with Crippen LogP contribution < -0.4 is 10.6 Å². The largest absolute Gasteiger partial charge is 0.397 e. The van der Waals surface area contributed by atoms with Crippen molar-refractivity contribution in [1.82, 2.24) is 29.2 Å². The van der Waals surface area contributed by atoms with Gasteiger partial charge in [0, 0.05) is 53.1 Å². The molecule has 1 amide bonds. The van der Waals surface area contributed by atoms with Crippen LogP contribution in [-0.4, -0.2) is 67.5 Å². The lowest BCUT2D eigenvalue weighted by atomic mass is 10.3. The molecule has 4 rings (SSSR count). The first-order valence-electron chi connectivity index (χ1n) is 9.20. The molecule has 10 nitrogen and oxygen atoms in total. The Morgan fingerprint density at radius 3 is 2.72 bits per heavy atom. The monoisotopic (exact) mass is 393 g/mol. The fraction of sp³-hybridized carbons (Fsp3) is 0.263. The van der Waals surface area contributed by atoms with Crippen LogP contribution in [0.3, 0.4) is 0 Å². The van der Waals surface area contributed by atoms with Gasteiger partial charge in [-0.2, -0.15) is 0 Å². The van der Waals surface area contributed by atoms with Gasteiger partial charge in [-0.1, -0.05) is 0 Å². The Labute approximate surface area is 168 Å². The molecule has 3 aromatic rings. The van der Waals surface area contributed by atoms with E-state index >= 15 is 0 Å². The summed E-state index contributed by atoms with van der Waals surface area (Å²) in [6.45, 7) is 4.40. The van der Waals surface area contributed by atoms with Crippen molar-refractivity contribution in [3.8, 4) is 11.5 Å². The van der Waals surface area contributed by atoms with Gasteiger partial charge >= 0.3 is 0 Å². The summed E-state index contributed by atoms with van der Waals surface area (Å²) >= 11 is 0. The molecule has 1 fully saturated rings. The van der Waals surface area contributed by atoms with Crippen molar-refractivity contribution in [1.29, 1.82) is 5.41 Å². The molecule has 0 bridgehead atoms. The Hall–Kier alpha value is -3.82. The first-order valence-corrected chi connectivity index (χ1v) is 9.20. The fourth-order valence-electron chi connectivity index (χ4n) is 3.28. The summed E-state index contributed by atoms with van der Waals surface area (Å²) < 4.78 is 1.83. The highest BCUT2D eigenvalue weighted by molar-refractivity contribution is 5.80. The molecular weight excluding hydrogens is 370 g/mol. The van der Waals surface area contributed by atoms with E-state index in [1.807, 2.05) is 15.4 Å². The van der Waals surface area contributed by atoms with E-state index in [0.29, 0.717) is 36.0 Å². The van der Waals surface area contributed by atoms with Gasteiger partial charge in [-0.25, -0.2) is 19.9 Å². The number of nitrogens with zero attached hydrogens (tertiary/aromatic N) is 7. The van der Waals surface area contributed by atoms with Crippen molar-refractivity contribution in [2.45, 2.75) is 6.92 Å². The predicted molar refractivity (Wildman–Crippen MR) is 112 cm³/mol. The third-order valence-electron chi connectivity index (χ3n) is 4.87. The molecule has 0 aliphatic carbocycles. The van der Waals surface area contributed by atoms with Gasteiger partial charge in [-0.05, 0) is 12.1 Å². The molecule has 0 spiro atoms. The van der Waals surface area contributed by atoms with Crippen LogP contribution in [0.4, 0.5) is 5.82 Å². The highest BCUT2D eigenvalue weighted by atomic mass is 16.2. The number of carbonyl (C=O) groups excluding carboxylic acids is 1. The third kappa shape index (κ3) is 3.64. The number of anilines is 1. The average molecular weight is 393 g/mol. The molecule has 0 atom stereocenters. The molecule has 3 N–H and O–H groups in total.